The number of benzene rings is 1. The van der Waals surface area contributed by atoms with Crippen LogP contribution in [0, 0.1) is 6.92 Å². The van der Waals surface area contributed by atoms with Crippen molar-refractivity contribution in [3.8, 4) is 0 Å². The molecule has 0 bridgehead atoms. The van der Waals surface area contributed by atoms with E-state index in [9.17, 15) is 4.79 Å². The summed E-state index contributed by atoms with van der Waals surface area (Å²) in [6.07, 6.45) is 2.58. The van der Waals surface area contributed by atoms with Crippen molar-refractivity contribution in [2.75, 3.05) is 13.1 Å². The van der Waals surface area contributed by atoms with E-state index in [-0.39, 0.29) is 5.91 Å². The molecule has 0 aromatic heterocycles. The molecule has 2 nitrogen and oxygen atoms in total. The third-order valence-corrected chi connectivity index (χ3v) is 2.82. The average molecular weight is 233 g/mol. The quantitative estimate of drug-likeness (QED) is 0.739. The molecule has 0 saturated heterocycles. The lowest BCUT2D eigenvalue weighted by atomic mass is 10.1. The van der Waals surface area contributed by atoms with Crippen LogP contribution in [0.2, 0.25) is 0 Å². The fraction of sp³-hybridized carbons (Fsp3) is 0.533. The summed E-state index contributed by atoms with van der Waals surface area (Å²) in [7, 11) is 0. The zero-order chi connectivity index (χ0) is 12.7. The first-order chi connectivity index (χ1) is 8.17. The van der Waals surface area contributed by atoms with Crippen molar-refractivity contribution in [1.29, 1.82) is 0 Å². The van der Waals surface area contributed by atoms with E-state index in [1.165, 1.54) is 5.56 Å². The summed E-state index contributed by atoms with van der Waals surface area (Å²) in [4.78, 5) is 14.1. The van der Waals surface area contributed by atoms with Gasteiger partial charge in [0.05, 0.1) is 6.42 Å². The number of rotatable bonds is 6. The summed E-state index contributed by atoms with van der Waals surface area (Å²) < 4.78 is 0. The van der Waals surface area contributed by atoms with E-state index >= 15 is 0 Å². The van der Waals surface area contributed by atoms with Crippen molar-refractivity contribution in [2.45, 2.75) is 40.0 Å². The number of hydrogen-bond donors (Lipinski definition) is 0. The molecule has 0 fully saturated rings. The molecule has 0 aliphatic heterocycles. The number of carbonyl (C=O) groups excluding carboxylic acids is 1. The van der Waals surface area contributed by atoms with Gasteiger partial charge in [-0.1, -0.05) is 43.7 Å². The third kappa shape index (κ3) is 4.59. The Hall–Kier alpha value is -1.31. The number of carbonyl (C=O) groups is 1. The van der Waals surface area contributed by atoms with Gasteiger partial charge in [-0.3, -0.25) is 4.79 Å². The highest BCUT2D eigenvalue weighted by Crippen LogP contribution is 2.06. The average Bonchev–Trinajstić information content (AvgIpc) is 2.32. The lowest BCUT2D eigenvalue weighted by molar-refractivity contribution is -0.130. The second kappa shape index (κ2) is 7.10. The number of hydrogen-bond acceptors (Lipinski definition) is 1. The highest BCUT2D eigenvalue weighted by atomic mass is 16.2. The van der Waals surface area contributed by atoms with Crippen molar-refractivity contribution < 1.29 is 4.79 Å². The molecular formula is C15H23NO. The first kappa shape index (κ1) is 13.8. The zero-order valence-corrected chi connectivity index (χ0v) is 11.2. The van der Waals surface area contributed by atoms with Crippen molar-refractivity contribution >= 4 is 5.91 Å². The minimum absolute atomic E-state index is 0.248. The molecule has 0 aliphatic rings. The maximum atomic E-state index is 12.1. The van der Waals surface area contributed by atoms with E-state index in [1.54, 1.807) is 0 Å². The Morgan fingerprint density at radius 1 is 1.06 bits per heavy atom. The van der Waals surface area contributed by atoms with E-state index in [0.717, 1.165) is 31.5 Å². The van der Waals surface area contributed by atoms with Crippen LogP contribution in [0.1, 0.15) is 37.8 Å². The number of amides is 1. The molecule has 1 aromatic rings. The molecule has 0 unspecified atom stereocenters. The third-order valence-electron chi connectivity index (χ3n) is 2.82. The molecule has 0 N–H and O–H groups in total. The Kier molecular flexibility index (Phi) is 5.75. The maximum absolute atomic E-state index is 12.1. The highest BCUT2D eigenvalue weighted by molar-refractivity contribution is 5.78. The normalized spacial score (nSPS) is 10.3. The molecular weight excluding hydrogens is 210 g/mol. The fourth-order valence-electron chi connectivity index (χ4n) is 1.89. The molecule has 0 radical (unpaired) electrons. The first-order valence-electron chi connectivity index (χ1n) is 6.50. The Labute approximate surface area is 105 Å². The summed E-state index contributed by atoms with van der Waals surface area (Å²) in [5.74, 6) is 0.248. The van der Waals surface area contributed by atoms with Crippen LogP contribution in [0.3, 0.4) is 0 Å². The lowest BCUT2D eigenvalue weighted by Gasteiger charge is -2.21. The Morgan fingerprint density at radius 2 is 1.59 bits per heavy atom. The Balaban J connectivity index is 2.59. The van der Waals surface area contributed by atoms with Crippen LogP contribution in [0.15, 0.2) is 24.3 Å². The Bertz CT molecular complexity index is 336. The summed E-state index contributed by atoms with van der Waals surface area (Å²) in [6.45, 7) is 8.03. The van der Waals surface area contributed by atoms with E-state index in [0.29, 0.717) is 6.42 Å². The SMILES string of the molecule is CCCN(CCC)C(=O)Cc1ccc(C)cc1. The smallest absolute Gasteiger partial charge is 0.226 e. The zero-order valence-electron chi connectivity index (χ0n) is 11.2. The van der Waals surface area contributed by atoms with Gasteiger partial charge in [0.2, 0.25) is 5.91 Å². The molecule has 94 valence electrons. The summed E-state index contributed by atoms with van der Waals surface area (Å²) in [5.41, 5.74) is 2.35. The second-order valence-corrected chi connectivity index (χ2v) is 4.54. The molecule has 0 aliphatic carbocycles. The molecule has 0 spiro atoms. The van der Waals surface area contributed by atoms with Crippen molar-refractivity contribution in [3.63, 3.8) is 0 Å². The van der Waals surface area contributed by atoms with Gasteiger partial charge in [0.15, 0.2) is 0 Å². The second-order valence-electron chi connectivity index (χ2n) is 4.54. The van der Waals surface area contributed by atoms with Crippen LogP contribution in [-0.2, 0) is 11.2 Å². The molecule has 0 atom stereocenters. The van der Waals surface area contributed by atoms with Gasteiger partial charge >= 0.3 is 0 Å². The van der Waals surface area contributed by atoms with E-state index in [2.05, 4.69) is 32.9 Å². The van der Waals surface area contributed by atoms with Crippen LogP contribution in [0.25, 0.3) is 0 Å². The van der Waals surface area contributed by atoms with Gasteiger partial charge in [0.25, 0.3) is 0 Å². The minimum Gasteiger partial charge on any atom is -0.342 e. The molecule has 17 heavy (non-hydrogen) atoms. The summed E-state index contributed by atoms with van der Waals surface area (Å²) in [6, 6.07) is 8.21. The highest BCUT2D eigenvalue weighted by Gasteiger charge is 2.11. The Morgan fingerprint density at radius 3 is 2.06 bits per heavy atom. The van der Waals surface area contributed by atoms with Crippen molar-refractivity contribution in [3.05, 3.63) is 35.4 Å². The molecule has 2 heteroatoms. The maximum Gasteiger partial charge on any atom is 0.226 e. The van der Waals surface area contributed by atoms with E-state index in [4.69, 9.17) is 0 Å². The van der Waals surface area contributed by atoms with Gasteiger partial charge in [0.1, 0.15) is 0 Å². The van der Waals surface area contributed by atoms with E-state index in [1.807, 2.05) is 17.0 Å². The summed E-state index contributed by atoms with van der Waals surface area (Å²) >= 11 is 0. The lowest BCUT2D eigenvalue weighted by Crippen LogP contribution is -2.33. The predicted octanol–water partition coefficient (Wildman–Crippen LogP) is 3.19. The van der Waals surface area contributed by atoms with Crippen molar-refractivity contribution in [1.82, 2.24) is 4.90 Å². The van der Waals surface area contributed by atoms with Gasteiger partial charge < -0.3 is 4.90 Å². The minimum atomic E-state index is 0.248. The molecule has 0 saturated carbocycles. The molecule has 1 rings (SSSR count). The van der Waals surface area contributed by atoms with Crippen LogP contribution >= 0.6 is 0 Å². The molecule has 0 heterocycles. The first-order valence-corrected chi connectivity index (χ1v) is 6.50. The van der Waals surface area contributed by atoms with Gasteiger partial charge in [-0.05, 0) is 25.3 Å². The number of nitrogens with zero attached hydrogens (tertiary/aromatic N) is 1. The topological polar surface area (TPSA) is 20.3 Å². The van der Waals surface area contributed by atoms with Crippen molar-refractivity contribution in [2.24, 2.45) is 0 Å². The van der Waals surface area contributed by atoms with Crippen LogP contribution in [0.4, 0.5) is 0 Å². The molecule has 1 amide bonds. The predicted molar refractivity (Wildman–Crippen MR) is 72.0 cm³/mol. The van der Waals surface area contributed by atoms with Gasteiger partial charge in [0, 0.05) is 13.1 Å². The van der Waals surface area contributed by atoms with Crippen LogP contribution < -0.4 is 0 Å². The van der Waals surface area contributed by atoms with Gasteiger partial charge in [-0.2, -0.15) is 0 Å². The monoisotopic (exact) mass is 233 g/mol. The van der Waals surface area contributed by atoms with Crippen LogP contribution in [-0.4, -0.2) is 23.9 Å². The summed E-state index contributed by atoms with van der Waals surface area (Å²) in [5, 5.41) is 0. The van der Waals surface area contributed by atoms with Crippen LogP contribution in [0.5, 0.6) is 0 Å². The standard InChI is InChI=1S/C15H23NO/c1-4-10-16(11-5-2)15(17)12-14-8-6-13(3)7-9-14/h6-9H,4-5,10-12H2,1-3H3. The largest absolute Gasteiger partial charge is 0.342 e. The van der Waals surface area contributed by atoms with Gasteiger partial charge in [-0.25, -0.2) is 0 Å². The van der Waals surface area contributed by atoms with Gasteiger partial charge in [-0.15, -0.1) is 0 Å². The fourth-order valence-corrected chi connectivity index (χ4v) is 1.89. The number of aryl methyl sites for hydroxylation is 1. The van der Waals surface area contributed by atoms with E-state index < -0.39 is 0 Å². The molecule has 1 aromatic carbocycles.